The molecule has 0 bridgehead atoms. The molecule has 4 rings (SSSR count). The standard InChI is InChI=1S/C21H24N4O3S/c1-24-21(26)17-9-5-4-8-16(17)20(22-24)15-10-11-19(25-12-6-3-7-13-25)18(14-15)23-29(2,27)28/h4-5,8-11,14,23H,3,6-7,12-13H2,1-2H3. The molecule has 0 atom stereocenters. The predicted octanol–water partition coefficient (Wildman–Crippen LogP) is 2.96. The van der Waals surface area contributed by atoms with Crippen LogP contribution in [0.4, 0.5) is 11.4 Å². The van der Waals surface area contributed by atoms with Crippen molar-refractivity contribution in [1.29, 1.82) is 0 Å². The number of rotatable bonds is 4. The number of anilines is 2. The normalized spacial score (nSPS) is 14.9. The molecule has 0 radical (unpaired) electrons. The molecule has 0 amide bonds. The quantitative estimate of drug-likeness (QED) is 0.712. The Kier molecular flexibility index (Phi) is 5.04. The van der Waals surface area contributed by atoms with Gasteiger partial charge in [-0.05, 0) is 37.5 Å². The van der Waals surface area contributed by atoms with Crippen molar-refractivity contribution < 1.29 is 8.42 Å². The zero-order valence-corrected chi connectivity index (χ0v) is 17.4. The van der Waals surface area contributed by atoms with Gasteiger partial charge in [-0.3, -0.25) is 9.52 Å². The Morgan fingerprint density at radius 1 is 1.00 bits per heavy atom. The average molecular weight is 413 g/mol. The van der Waals surface area contributed by atoms with E-state index in [4.69, 9.17) is 0 Å². The number of hydrogen-bond donors (Lipinski definition) is 1. The van der Waals surface area contributed by atoms with Gasteiger partial charge < -0.3 is 4.90 Å². The van der Waals surface area contributed by atoms with Gasteiger partial charge in [0.25, 0.3) is 5.56 Å². The summed E-state index contributed by atoms with van der Waals surface area (Å²) in [5.74, 6) is 0. The zero-order valence-electron chi connectivity index (χ0n) is 16.6. The molecule has 0 unspecified atom stereocenters. The molecule has 0 saturated carbocycles. The van der Waals surface area contributed by atoms with Crippen molar-refractivity contribution in [3.63, 3.8) is 0 Å². The Balaban J connectivity index is 1.89. The van der Waals surface area contributed by atoms with Crippen molar-refractivity contribution in [2.45, 2.75) is 19.3 Å². The Hall–Kier alpha value is -2.87. The maximum atomic E-state index is 12.4. The van der Waals surface area contributed by atoms with Crippen LogP contribution in [0.15, 0.2) is 47.3 Å². The number of piperidine rings is 1. The molecule has 0 aliphatic carbocycles. The minimum absolute atomic E-state index is 0.163. The highest BCUT2D eigenvalue weighted by atomic mass is 32.2. The summed E-state index contributed by atoms with van der Waals surface area (Å²) < 4.78 is 28.0. The molecule has 1 saturated heterocycles. The fourth-order valence-electron chi connectivity index (χ4n) is 3.89. The van der Waals surface area contributed by atoms with Crippen molar-refractivity contribution >= 4 is 32.2 Å². The van der Waals surface area contributed by atoms with Crippen molar-refractivity contribution in [3.05, 3.63) is 52.8 Å². The van der Waals surface area contributed by atoms with Crippen LogP contribution in [0.5, 0.6) is 0 Å². The second kappa shape index (κ2) is 7.51. The van der Waals surface area contributed by atoms with Crippen molar-refractivity contribution in [1.82, 2.24) is 9.78 Å². The van der Waals surface area contributed by atoms with E-state index < -0.39 is 10.0 Å². The number of benzene rings is 2. The third-order valence-corrected chi connectivity index (χ3v) is 5.81. The Bertz CT molecular complexity index is 1230. The van der Waals surface area contributed by atoms with Gasteiger partial charge in [0.1, 0.15) is 0 Å². The lowest BCUT2D eigenvalue weighted by atomic mass is 10.0. The minimum atomic E-state index is -3.45. The van der Waals surface area contributed by atoms with E-state index in [1.807, 2.05) is 36.4 Å². The highest BCUT2D eigenvalue weighted by Crippen LogP contribution is 2.34. The van der Waals surface area contributed by atoms with E-state index in [-0.39, 0.29) is 5.56 Å². The van der Waals surface area contributed by atoms with Crippen LogP contribution in [0, 0.1) is 0 Å². The lowest BCUT2D eigenvalue weighted by Crippen LogP contribution is -2.30. The number of fused-ring (bicyclic) bond motifs is 1. The van der Waals surface area contributed by atoms with Crippen molar-refractivity contribution in [2.75, 3.05) is 29.0 Å². The van der Waals surface area contributed by atoms with Crippen LogP contribution >= 0.6 is 0 Å². The van der Waals surface area contributed by atoms with Gasteiger partial charge in [-0.15, -0.1) is 0 Å². The SMILES string of the molecule is Cn1nc(-c2ccc(N3CCCCC3)c(NS(C)(=O)=O)c2)c2ccccc2c1=O. The minimum Gasteiger partial charge on any atom is -0.370 e. The van der Waals surface area contributed by atoms with Crippen LogP contribution in [0.25, 0.3) is 22.0 Å². The summed E-state index contributed by atoms with van der Waals surface area (Å²) in [6.45, 7) is 1.80. The molecule has 7 nitrogen and oxygen atoms in total. The number of nitrogens with zero attached hydrogens (tertiary/aromatic N) is 3. The molecule has 0 spiro atoms. The Morgan fingerprint density at radius 3 is 2.38 bits per heavy atom. The van der Waals surface area contributed by atoms with E-state index >= 15 is 0 Å². The van der Waals surface area contributed by atoms with E-state index in [0.717, 1.165) is 48.8 Å². The molecule has 1 aliphatic heterocycles. The van der Waals surface area contributed by atoms with Crippen LogP contribution in [0.3, 0.4) is 0 Å². The van der Waals surface area contributed by atoms with Gasteiger partial charge in [-0.1, -0.05) is 24.3 Å². The molecule has 3 aromatic rings. The number of aromatic nitrogens is 2. The molecule has 1 aliphatic rings. The van der Waals surface area contributed by atoms with E-state index in [1.165, 1.54) is 11.1 Å². The van der Waals surface area contributed by atoms with E-state index in [9.17, 15) is 13.2 Å². The molecule has 29 heavy (non-hydrogen) atoms. The molecule has 1 aromatic heterocycles. The van der Waals surface area contributed by atoms with Gasteiger partial charge >= 0.3 is 0 Å². The molecule has 152 valence electrons. The highest BCUT2D eigenvalue weighted by Gasteiger charge is 2.19. The summed E-state index contributed by atoms with van der Waals surface area (Å²) >= 11 is 0. The Morgan fingerprint density at radius 2 is 1.69 bits per heavy atom. The fourth-order valence-corrected chi connectivity index (χ4v) is 4.45. The first kappa shape index (κ1) is 19.4. The number of hydrogen-bond acceptors (Lipinski definition) is 5. The fraction of sp³-hybridized carbons (Fsp3) is 0.333. The number of aryl methyl sites for hydroxylation is 1. The third-order valence-electron chi connectivity index (χ3n) is 5.22. The zero-order chi connectivity index (χ0) is 20.6. The monoisotopic (exact) mass is 412 g/mol. The summed E-state index contributed by atoms with van der Waals surface area (Å²) in [5, 5.41) is 5.79. The smallest absolute Gasteiger partial charge is 0.274 e. The Labute approximate surface area is 170 Å². The molecule has 1 N–H and O–H groups in total. The van der Waals surface area contributed by atoms with Gasteiger partial charge in [0.05, 0.1) is 28.7 Å². The molecule has 2 heterocycles. The molecule has 1 fully saturated rings. The first-order valence-electron chi connectivity index (χ1n) is 9.67. The van der Waals surface area contributed by atoms with Gasteiger partial charge in [0, 0.05) is 31.1 Å². The topological polar surface area (TPSA) is 84.3 Å². The molecular weight excluding hydrogens is 388 g/mol. The van der Waals surface area contributed by atoms with Crippen LogP contribution in [-0.4, -0.2) is 37.5 Å². The van der Waals surface area contributed by atoms with Gasteiger partial charge in [-0.25, -0.2) is 13.1 Å². The van der Waals surface area contributed by atoms with Gasteiger partial charge in [-0.2, -0.15) is 5.10 Å². The molecule has 2 aromatic carbocycles. The predicted molar refractivity (Wildman–Crippen MR) is 117 cm³/mol. The maximum absolute atomic E-state index is 12.4. The summed E-state index contributed by atoms with van der Waals surface area (Å²) in [7, 11) is -1.83. The second-order valence-corrected chi connectivity index (χ2v) is 9.23. The van der Waals surface area contributed by atoms with E-state index in [0.29, 0.717) is 16.8 Å². The van der Waals surface area contributed by atoms with Crippen LogP contribution < -0.4 is 15.2 Å². The first-order chi connectivity index (χ1) is 13.8. The van der Waals surface area contributed by atoms with Crippen molar-refractivity contribution in [3.8, 4) is 11.3 Å². The van der Waals surface area contributed by atoms with Gasteiger partial charge in [0.2, 0.25) is 10.0 Å². The first-order valence-corrected chi connectivity index (χ1v) is 11.6. The highest BCUT2D eigenvalue weighted by molar-refractivity contribution is 7.92. The molecule has 8 heteroatoms. The average Bonchev–Trinajstić information content (AvgIpc) is 2.70. The van der Waals surface area contributed by atoms with E-state index in [1.54, 1.807) is 13.1 Å². The van der Waals surface area contributed by atoms with Crippen molar-refractivity contribution in [2.24, 2.45) is 7.05 Å². The molecular formula is C21H24N4O3S. The number of nitrogens with one attached hydrogen (secondary N) is 1. The summed E-state index contributed by atoms with van der Waals surface area (Å²) in [6.07, 6.45) is 4.52. The van der Waals surface area contributed by atoms with Crippen LogP contribution in [-0.2, 0) is 17.1 Å². The largest absolute Gasteiger partial charge is 0.370 e. The van der Waals surface area contributed by atoms with Crippen LogP contribution in [0.2, 0.25) is 0 Å². The summed E-state index contributed by atoms with van der Waals surface area (Å²) in [4.78, 5) is 14.6. The van der Waals surface area contributed by atoms with Gasteiger partial charge in [0.15, 0.2) is 0 Å². The van der Waals surface area contributed by atoms with E-state index in [2.05, 4.69) is 14.7 Å². The maximum Gasteiger partial charge on any atom is 0.274 e. The summed E-state index contributed by atoms with van der Waals surface area (Å²) in [6, 6.07) is 13.0. The number of sulfonamides is 1. The third kappa shape index (κ3) is 3.98. The van der Waals surface area contributed by atoms with Crippen LogP contribution in [0.1, 0.15) is 19.3 Å². The summed E-state index contributed by atoms with van der Waals surface area (Å²) in [5.41, 5.74) is 2.64. The second-order valence-electron chi connectivity index (χ2n) is 7.48. The lowest BCUT2D eigenvalue weighted by Gasteiger charge is -2.30. The lowest BCUT2D eigenvalue weighted by molar-refractivity contribution is 0.578.